The van der Waals surface area contributed by atoms with E-state index in [4.69, 9.17) is 0 Å². The summed E-state index contributed by atoms with van der Waals surface area (Å²) in [5, 5.41) is 2.85. The highest BCUT2D eigenvalue weighted by Gasteiger charge is 2.29. The second kappa shape index (κ2) is 9.62. The van der Waals surface area contributed by atoms with Crippen molar-refractivity contribution >= 4 is 27.3 Å². The third kappa shape index (κ3) is 4.84. The van der Waals surface area contributed by atoms with Gasteiger partial charge in [-0.3, -0.25) is 4.79 Å². The first kappa shape index (κ1) is 22.3. The molecule has 0 saturated carbocycles. The lowest BCUT2D eigenvalue weighted by Gasteiger charge is -2.27. The van der Waals surface area contributed by atoms with Crippen LogP contribution in [0.1, 0.15) is 50.4 Å². The van der Waals surface area contributed by atoms with E-state index in [2.05, 4.69) is 31.0 Å². The van der Waals surface area contributed by atoms with Gasteiger partial charge < -0.3 is 10.2 Å². The SMILES string of the molecule is CCN(c1ccc(NC(=O)c2ccccc2S(=O)(=O)N2CCCCC2)cc1)C(C)C. The van der Waals surface area contributed by atoms with Gasteiger partial charge in [-0.05, 0) is 70.0 Å². The van der Waals surface area contributed by atoms with Gasteiger partial charge in [0.15, 0.2) is 0 Å². The monoisotopic (exact) mass is 429 g/mol. The molecule has 1 heterocycles. The van der Waals surface area contributed by atoms with Crippen molar-refractivity contribution in [3.63, 3.8) is 0 Å². The van der Waals surface area contributed by atoms with E-state index in [-0.39, 0.29) is 10.5 Å². The van der Waals surface area contributed by atoms with Gasteiger partial charge in [0, 0.05) is 37.1 Å². The molecule has 0 unspecified atom stereocenters. The molecule has 2 aromatic carbocycles. The lowest BCUT2D eigenvalue weighted by atomic mass is 10.2. The first-order valence-electron chi connectivity index (χ1n) is 10.6. The maximum Gasteiger partial charge on any atom is 0.257 e. The van der Waals surface area contributed by atoms with Crippen LogP contribution in [0.4, 0.5) is 11.4 Å². The molecular weight excluding hydrogens is 398 g/mol. The van der Waals surface area contributed by atoms with Crippen LogP contribution in [-0.2, 0) is 10.0 Å². The number of carbonyl (C=O) groups is 1. The molecule has 7 heteroatoms. The van der Waals surface area contributed by atoms with Gasteiger partial charge in [-0.2, -0.15) is 4.31 Å². The van der Waals surface area contributed by atoms with E-state index in [0.717, 1.165) is 31.5 Å². The van der Waals surface area contributed by atoms with Gasteiger partial charge in [-0.25, -0.2) is 8.42 Å². The molecule has 1 saturated heterocycles. The lowest BCUT2D eigenvalue weighted by Crippen LogP contribution is -2.36. The lowest BCUT2D eigenvalue weighted by molar-refractivity contribution is 0.102. The molecule has 1 N–H and O–H groups in total. The van der Waals surface area contributed by atoms with E-state index in [1.165, 1.54) is 10.4 Å². The molecule has 0 bridgehead atoms. The van der Waals surface area contributed by atoms with Gasteiger partial charge >= 0.3 is 0 Å². The zero-order valence-corrected chi connectivity index (χ0v) is 18.8. The summed E-state index contributed by atoms with van der Waals surface area (Å²) in [6.07, 6.45) is 2.74. The second-order valence-corrected chi connectivity index (χ2v) is 9.75. The molecule has 0 atom stereocenters. The summed E-state index contributed by atoms with van der Waals surface area (Å²) in [6.45, 7) is 8.28. The zero-order chi connectivity index (χ0) is 21.7. The number of benzene rings is 2. The van der Waals surface area contributed by atoms with Crippen molar-refractivity contribution in [3.8, 4) is 0 Å². The Kier molecular flexibility index (Phi) is 7.15. The number of nitrogens with zero attached hydrogens (tertiary/aromatic N) is 2. The number of carbonyl (C=O) groups excluding carboxylic acids is 1. The fourth-order valence-electron chi connectivity index (χ4n) is 3.90. The molecular formula is C23H31N3O3S. The van der Waals surface area contributed by atoms with Gasteiger partial charge in [0.1, 0.15) is 0 Å². The highest BCUT2D eigenvalue weighted by Crippen LogP contribution is 2.25. The average molecular weight is 430 g/mol. The second-order valence-electron chi connectivity index (χ2n) is 7.84. The molecule has 30 heavy (non-hydrogen) atoms. The third-order valence-electron chi connectivity index (χ3n) is 5.49. The molecule has 6 nitrogen and oxygen atoms in total. The van der Waals surface area contributed by atoms with Gasteiger partial charge in [0.05, 0.1) is 10.5 Å². The molecule has 2 aromatic rings. The topological polar surface area (TPSA) is 69.7 Å². The molecule has 0 radical (unpaired) electrons. The van der Waals surface area contributed by atoms with Crippen molar-refractivity contribution in [1.82, 2.24) is 4.31 Å². The van der Waals surface area contributed by atoms with Crippen molar-refractivity contribution in [2.45, 2.75) is 51.0 Å². The first-order chi connectivity index (χ1) is 14.3. The van der Waals surface area contributed by atoms with Crippen LogP contribution in [0, 0.1) is 0 Å². The molecule has 1 aliphatic heterocycles. The van der Waals surface area contributed by atoms with Crippen molar-refractivity contribution in [2.24, 2.45) is 0 Å². The summed E-state index contributed by atoms with van der Waals surface area (Å²) in [5.74, 6) is -0.421. The fraction of sp³-hybridized carbons (Fsp3) is 0.435. The number of hydrogen-bond donors (Lipinski definition) is 1. The number of rotatable bonds is 7. The maximum absolute atomic E-state index is 13.1. The number of anilines is 2. The number of sulfonamides is 1. The summed E-state index contributed by atoms with van der Waals surface area (Å²) < 4.78 is 27.7. The summed E-state index contributed by atoms with van der Waals surface area (Å²) in [6, 6.07) is 14.4. The summed E-state index contributed by atoms with van der Waals surface area (Å²) in [7, 11) is -3.70. The van der Waals surface area contributed by atoms with Crippen LogP contribution in [0.2, 0.25) is 0 Å². The quantitative estimate of drug-likeness (QED) is 0.710. The van der Waals surface area contributed by atoms with E-state index in [0.29, 0.717) is 24.8 Å². The molecule has 1 aliphatic rings. The Balaban J connectivity index is 1.81. The standard InChI is InChI=1S/C23H31N3O3S/c1-4-26(18(2)3)20-14-12-19(13-15-20)24-23(27)21-10-6-7-11-22(21)30(28,29)25-16-8-5-9-17-25/h6-7,10-15,18H,4-5,8-9,16-17H2,1-3H3,(H,24,27). The van der Waals surface area contributed by atoms with E-state index < -0.39 is 15.9 Å². The molecule has 0 aromatic heterocycles. The summed E-state index contributed by atoms with van der Waals surface area (Å²) in [4.78, 5) is 15.3. The Labute approximate surface area is 179 Å². The molecule has 1 fully saturated rings. The van der Waals surface area contributed by atoms with Gasteiger partial charge in [0.2, 0.25) is 10.0 Å². The number of piperidine rings is 1. The normalized spacial score (nSPS) is 15.2. The van der Waals surface area contributed by atoms with Crippen LogP contribution < -0.4 is 10.2 Å². The predicted octanol–water partition coefficient (Wildman–Crippen LogP) is 4.35. The average Bonchev–Trinajstić information content (AvgIpc) is 2.76. The van der Waals surface area contributed by atoms with E-state index in [1.54, 1.807) is 18.2 Å². The highest BCUT2D eigenvalue weighted by atomic mass is 32.2. The highest BCUT2D eigenvalue weighted by molar-refractivity contribution is 7.89. The molecule has 162 valence electrons. The number of amides is 1. The van der Waals surface area contributed by atoms with Crippen LogP contribution in [0.15, 0.2) is 53.4 Å². The van der Waals surface area contributed by atoms with Gasteiger partial charge in [-0.1, -0.05) is 18.6 Å². The van der Waals surface area contributed by atoms with Crippen molar-refractivity contribution in [1.29, 1.82) is 0 Å². The summed E-state index contributed by atoms with van der Waals surface area (Å²) in [5.41, 5.74) is 1.89. The number of hydrogen-bond acceptors (Lipinski definition) is 4. The fourth-order valence-corrected chi connectivity index (χ4v) is 5.61. The zero-order valence-electron chi connectivity index (χ0n) is 18.0. The van der Waals surface area contributed by atoms with E-state index >= 15 is 0 Å². The minimum atomic E-state index is -3.70. The first-order valence-corrected chi connectivity index (χ1v) is 12.1. The van der Waals surface area contributed by atoms with Crippen LogP contribution in [0.3, 0.4) is 0 Å². The Bertz CT molecular complexity index is 965. The largest absolute Gasteiger partial charge is 0.369 e. The third-order valence-corrected chi connectivity index (χ3v) is 7.44. The Morgan fingerprint density at radius 2 is 1.67 bits per heavy atom. The van der Waals surface area contributed by atoms with Crippen molar-refractivity contribution in [2.75, 3.05) is 29.9 Å². The van der Waals surface area contributed by atoms with Gasteiger partial charge in [-0.15, -0.1) is 0 Å². The smallest absolute Gasteiger partial charge is 0.257 e. The Morgan fingerprint density at radius 1 is 1.03 bits per heavy atom. The maximum atomic E-state index is 13.1. The Morgan fingerprint density at radius 3 is 2.27 bits per heavy atom. The van der Waals surface area contributed by atoms with Gasteiger partial charge in [0.25, 0.3) is 5.91 Å². The van der Waals surface area contributed by atoms with Crippen molar-refractivity contribution < 1.29 is 13.2 Å². The molecule has 0 aliphatic carbocycles. The Hall–Kier alpha value is -2.38. The molecule has 1 amide bonds. The van der Waals surface area contributed by atoms with E-state index in [9.17, 15) is 13.2 Å². The van der Waals surface area contributed by atoms with E-state index in [1.807, 2.05) is 24.3 Å². The van der Waals surface area contributed by atoms with Crippen LogP contribution >= 0.6 is 0 Å². The van der Waals surface area contributed by atoms with Crippen LogP contribution in [0.25, 0.3) is 0 Å². The van der Waals surface area contributed by atoms with Crippen molar-refractivity contribution in [3.05, 3.63) is 54.1 Å². The predicted molar refractivity (Wildman–Crippen MR) is 122 cm³/mol. The number of nitrogens with one attached hydrogen (secondary N) is 1. The minimum Gasteiger partial charge on any atom is -0.369 e. The minimum absolute atomic E-state index is 0.0676. The summed E-state index contributed by atoms with van der Waals surface area (Å²) >= 11 is 0. The molecule has 0 spiro atoms. The molecule has 3 rings (SSSR count). The van der Waals surface area contributed by atoms with Crippen LogP contribution in [-0.4, -0.2) is 44.3 Å². The van der Waals surface area contributed by atoms with Crippen LogP contribution in [0.5, 0.6) is 0 Å².